The summed E-state index contributed by atoms with van der Waals surface area (Å²) in [6.45, 7) is 5.09. The van der Waals surface area contributed by atoms with E-state index in [9.17, 15) is 0 Å². The molecule has 0 bridgehead atoms. The SMILES string of the molecule is CCCCCCOc1ccc2c(c1)CC(F)(F)c1cc(C3CCC(CCCCC)CC3)ccc1-2. The lowest BCUT2D eigenvalue weighted by Crippen LogP contribution is -2.23. The van der Waals surface area contributed by atoms with Crippen LogP contribution in [0.15, 0.2) is 36.4 Å². The Labute approximate surface area is 205 Å². The lowest BCUT2D eigenvalue weighted by atomic mass is 9.75. The molecule has 1 fully saturated rings. The average Bonchev–Trinajstić information content (AvgIpc) is 2.84. The van der Waals surface area contributed by atoms with Crippen LogP contribution < -0.4 is 4.74 Å². The minimum atomic E-state index is -2.84. The lowest BCUT2D eigenvalue weighted by Gasteiger charge is -2.32. The number of rotatable bonds is 11. The van der Waals surface area contributed by atoms with Gasteiger partial charge in [0.25, 0.3) is 5.92 Å². The monoisotopic (exact) mass is 468 g/mol. The van der Waals surface area contributed by atoms with E-state index in [1.165, 1.54) is 51.4 Å². The Bertz CT molecular complexity index is 927. The Kier molecular flexibility index (Phi) is 8.66. The van der Waals surface area contributed by atoms with Gasteiger partial charge in [-0.05, 0) is 84.4 Å². The Morgan fingerprint density at radius 2 is 1.56 bits per heavy atom. The summed E-state index contributed by atoms with van der Waals surface area (Å²) in [6, 6.07) is 11.7. The topological polar surface area (TPSA) is 9.23 Å². The van der Waals surface area contributed by atoms with E-state index in [0.29, 0.717) is 29.4 Å². The molecule has 0 N–H and O–H groups in total. The van der Waals surface area contributed by atoms with Gasteiger partial charge in [0, 0.05) is 12.0 Å². The number of hydrogen-bond acceptors (Lipinski definition) is 1. The van der Waals surface area contributed by atoms with Gasteiger partial charge in [0.1, 0.15) is 5.75 Å². The van der Waals surface area contributed by atoms with Gasteiger partial charge in [-0.15, -0.1) is 0 Å². The zero-order chi connectivity index (χ0) is 24.0. The van der Waals surface area contributed by atoms with Gasteiger partial charge < -0.3 is 4.74 Å². The van der Waals surface area contributed by atoms with Crippen LogP contribution >= 0.6 is 0 Å². The van der Waals surface area contributed by atoms with Gasteiger partial charge in [-0.25, -0.2) is 8.78 Å². The molecule has 0 atom stereocenters. The van der Waals surface area contributed by atoms with Crippen LogP contribution in [-0.2, 0) is 12.3 Å². The van der Waals surface area contributed by atoms with Crippen molar-refractivity contribution in [2.24, 2.45) is 5.92 Å². The molecule has 2 aliphatic carbocycles. The Morgan fingerprint density at radius 3 is 2.32 bits per heavy atom. The summed E-state index contributed by atoms with van der Waals surface area (Å²) >= 11 is 0. The first kappa shape index (κ1) is 25.2. The molecule has 3 heteroatoms. The highest BCUT2D eigenvalue weighted by Gasteiger charge is 2.40. The summed E-state index contributed by atoms with van der Waals surface area (Å²) in [5, 5.41) is 0. The van der Waals surface area contributed by atoms with Crippen LogP contribution in [0, 0.1) is 5.92 Å². The minimum Gasteiger partial charge on any atom is -0.494 e. The highest BCUT2D eigenvalue weighted by Crippen LogP contribution is 2.48. The van der Waals surface area contributed by atoms with E-state index in [4.69, 9.17) is 4.74 Å². The van der Waals surface area contributed by atoms with E-state index in [0.717, 1.165) is 42.7 Å². The number of halogens is 2. The Morgan fingerprint density at radius 1 is 0.824 bits per heavy atom. The maximum atomic E-state index is 15.3. The molecule has 34 heavy (non-hydrogen) atoms. The molecule has 2 aromatic rings. The van der Waals surface area contributed by atoms with Gasteiger partial charge in [-0.1, -0.05) is 77.0 Å². The second-order valence-corrected chi connectivity index (χ2v) is 10.6. The maximum absolute atomic E-state index is 15.3. The predicted octanol–water partition coefficient (Wildman–Crippen LogP) is 9.81. The zero-order valence-corrected chi connectivity index (χ0v) is 21.2. The van der Waals surface area contributed by atoms with Crippen molar-refractivity contribution in [3.63, 3.8) is 0 Å². The average molecular weight is 469 g/mol. The molecule has 0 radical (unpaired) electrons. The highest BCUT2D eigenvalue weighted by molar-refractivity contribution is 5.75. The zero-order valence-electron chi connectivity index (χ0n) is 21.2. The summed E-state index contributed by atoms with van der Waals surface area (Å²) < 4.78 is 36.5. The second-order valence-electron chi connectivity index (χ2n) is 10.6. The Hall–Kier alpha value is -1.90. The summed E-state index contributed by atoms with van der Waals surface area (Å²) in [6.07, 6.45) is 14.3. The molecule has 1 nitrogen and oxygen atoms in total. The van der Waals surface area contributed by atoms with E-state index in [2.05, 4.69) is 19.9 Å². The molecule has 0 saturated heterocycles. The van der Waals surface area contributed by atoms with Crippen molar-refractivity contribution in [1.82, 2.24) is 0 Å². The minimum absolute atomic E-state index is 0.218. The summed E-state index contributed by atoms with van der Waals surface area (Å²) in [5.41, 5.74) is 3.66. The molecule has 186 valence electrons. The first-order valence-electron chi connectivity index (χ1n) is 13.8. The highest BCUT2D eigenvalue weighted by atomic mass is 19.3. The molecule has 0 heterocycles. The number of benzene rings is 2. The van der Waals surface area contributed by atoms with Crippen molar-refractivity contribution in [3.05, 3.63) is 53.1 Å². The molecule has 0 aliphatic heterocycles. The predicted molar refractivity (Wildman–Crippen MR) is 138 cm³/mol. The third-order valence-corrected chi connectivity index (χ3v) is 8.02. The lowest BCUT2D eigenvalue weighted by molar-refractivity contribution is -0.00495. The smallest absolute Gasteiger partial charge is 0.277 e. The fourth-order valence-corrected chi connectivity index (χ4v) is 5.94. The number of hydrogen-bond donors (Lipinski definition) is 0. The van der Waals surface area contributed by atoms with E-state index in [1.807, 2.05) is 30.3 Å². The van der Waals surface area contributed by atoms with Crippen LogP contribution in [0.25, 0.3) is 11.1 Å². The van der Waals surface area contributed by atoms with Crippen LogP contribution in [0.3, 0.4) is 0 Å². The van der Waals surface area contributed by atoms with Gasteiger partial charge in [0.2, 0.25) is 0 Å². The van der Waals surface area contributed by atoms with Crippen molar-refractivity contribution >= 4 is 0 Å². The third-order valence-electron chi connectivity index (χ3n) is 8.02. The molecule has 0 aromatic heterocycles. The van der Waals surface area contributed by atoms with Crippen molar-refractivity contribution in [2.75, 3.05) is 6.61 Å². The largest absolute Gasteiger partial charge is 0.494 e. The summed E-state index contributed by atoms with van der Waals surface area (Å²) in [4.78, 5) is 0. The van der Waals surface area contributed by atoms with Crippen LogP contribution in [-0.4, -0.2) is 6.61 Å². The molecule has 2 aromatic carbocycles. The summed E-state index contributed by atoms with van der Waals surface area (Å²) in [5.74, 6) is -0.873. The van der Waals surface area contributed by atoms with Crippen LogP contribution in [0.2, 0.25) is 0 Å². The second kappa shape index (κ2) is 11.7. The number of alkyl halides is 2. The first-order chi connectivity index (χ1) is 16.5. The van der Waals surface area contributed by atoms with Gasteiger partial charge >= 0.3 is 0 Å². The van der Waals surface area contributed by atoms with Crippen molar-refractivity contribution in [2.45, 2.75) is 109 Å². The fraction of sp³-hybridized carbons (Fsp3) is 0.613. The molecule has 0 amide bonds. The van der Waals surface area contributed by atoms with Crippen LogP contribution in [0.4, 0.5) is 8.78 Å². The number of unbranched alkanes of at least 4 members (excludes halogenated alkanes) is 5. The molecule has 2 aliphatic rings. The number of fused-ring (bicyclic) bond motifs is 3. The van der Waals surface area contributed by atoms with Gasteiger partial charge in [0.05, 0.1) is 6.61 Å². The van der Waals surface area contributed by atoms with Crippen molar-refractivity contribution in [1.29, 1.82) is 0 Å². The van der Waals surface area contributed by atoms with Crippen molar-refractivity contribution < 1.29 is 13.5 Å². The maximum Gasteiger partial charge on any atom is 0.277 e. The van der Waals surface area contributed by atoms with E-state index < -0.39 is 5.92 Å². The molecular weight excluding hydrogens is 426 g/mol. The number of ether oxygens (including phenoxy) is 1. The fourth-order valence-electron chi connectivity index (χ4n) is 5.94. The van der Waals surface area contributed by atoms with Crippen LogP contribution in [0.5, 0.6) is 5.75 Å². The van der Waals surface area contributed by atoms with Crippen LogP contribution in [0.1, 0.15) is 114 Å². The normalized spacial score (nSPS) is 21.1. The molecule has 0 spiro atoms. The van der Waals surface area contributed by atoms with Crippen molar-refractivity contribution in [3.8, 4) is 16.9 Å². The molecule has 0 unspecified atom stereocenters. The Balaban J connectivity index is 1.45. The third kappa shape index (κ3) is 6.01. The van der Waals surface area contributed by atoms with Gasteiger partial charge in [-0.2, -0.15) is 0 Å². The van der Waals surface area contributed by atoms with Gasteiger partial charge in [0.15, 0.2) is 0 Å². The summed E-state index contributed by atoms with van der Waals surface area (Å²) in [7, 11) is 0. The standard InChI is InChI=1S/C31H42F2O/c1-3-5-7-9-19-34-27-16-18-28-26(20-27)22-31(32,33)30-21-25(15-17-29(28)30)24-13-11-23(12-14-24)10-8-6-4-2/h15-18,20-21,23-24H,3-14,19,22H2,1-2H3. The molecule has 4 rings (SSSR count). The quantitative estimate of drug-likeness (QED) is 0.298. The van der Waals surface area contributed by atoms with Gasteiger partial charge in [-0.3, -0.25) is 0 Å². The van der Waals surface area contributed by atoms with E-state index in [-0.39, 0.29) is 12.0 Å². The van der Waals surface area contributed by atoms with E-state index in [1.54, 1.807) is 0 Å². The van der Waals surface area contributed by atoms with E-state index >= 15 is 8.78 Å². The molecule has 1 saturated carbocycles. The molecular formula is C31H42F2O. The first-order valence-corrected chi connectivity index (χ1v) is 13.8.